The minimum absolute atomic E-state index is 0.150. The number of hydrogen-bond donors (Lipinski definition) is 2. The molecular weight excluding hydrogens is 376 g/mol. The number of carbonyl (C=O) groups is 4. The molecule has 2 N–H and O–H groups in total. The minimum Gasteiger partial charge on any atom is -0.481 e. The number of aliphatic carboxylic acids is 1. The summed E-state index contributed by atoms with van der Waals surface area (Å²) < 4.78 is 0. The van der Waals surface area contributed by atoms with E-state index in [4.69, 9.17) is 5.11 Å². The minimum atomic E-state index is -0.781. The Morgan fingerprint density at radius 2 is 1.90 bits per heavy atom. The van der Waals surface area contributed by atoms with Gasteiger partial charge in [-0.3, -0.25) is 29.4 Å². The van der Waals surface area contributed by atoms with Crippen molar-refractivity contribution in [2.75, 3.05) is 37.6 Å². The van der Waals surface area contributed by atoms with Crippen LogP contribution in [0.4, 0.5) is 5.69 Å². The zero-order valence-electron chi connectivity index (χ0n) is 16.1. The fourth-order valence-electron chi connectivity index (χ4n) is 4.24. The number of carbonyl (C=O) groups excluding carboxylic acids is 3. The van der Waals surface area contributed by atoms with Crippen LogP contribution in [0.1, 0.15) is 35.2 Å². The summed E-state index contributed by atoms with van der Waals surface area (Å²) in [5.74, 6) is -1.64. The summed E-state index contributed by atoms with van der Waals surface area (Å²) in [5, 5.41) is 11.1. The standard InChI is InChI=1S/C20H24N4O5/c25-17-4-3-16(19(28)21-17)24-12-13-11-14(1-2-15(13)20(24)29)23-9-7-22(8-10-23)6-5-18(26)27/h1-2,11,16H,3-10,12H2,(H,26,27)(H,21,25,28). The maximum atomic E-state index is 12.8. The quantitative estimate of drug-likeness (QED) is 0.672. The summed E-state index contributed by atoms with van der Waals surface area (Å²) >= 11 is 0. The molecule has 4 rings (SSSR count). The Balaban J connectivity index is 1.41. The molecule has 0 spiro atoms. The van der Waals surface area contributed by atoms with Crippen molar-refractivity contribution in [2.24, 2.45) is 0 Å². The van der Waals surface area contributed by atoms with Crippen LogP contribution in [0.25, 0.3) is 0 Å². The molecule has 1 aromatic rings. The second kappa shape index (κ2) is 7.82. The van der Waals surface area contributed by atoms with Gasteiger partial charge < -0.3 is 14.9 Å². The maximum absolute atomic E-state index is 12.8. The number of amides is 3. The number of piperidine rings is 1. The fourth-order valence-corrected chi connectivity index (χ4v) is 4.24. The molecule has 9 nitrogen and oxygen atoms in total. The lowest BCUT2D eigenvalue weighted by Crippen LogP contribution is -2.52. The van der Waals surface area contributed by atoms with E-state index in [9.17, 15) is 19.2 Å². The molecule has 2 saturated heterocycles. The number of nitrogens with zero attached hydrogens (tertiary/aromatic N) is 3. The van der Waals surface area contributed by atoms with Crippen molar-refractivity contribution < 1.29 is 24.3 Å². The lowest BCUT2D eigenvalue weighted by molar-refractivity contribution is -0.138. The van der Waals surface area contributed by atoms with Crippen LogP contribution in [0.5, 0.6) is 0 Å². The van der Waals surface area contributed by atoms with Crippen molar-refractivity contribution in [1.82, 2.24) is 15.1 Å². The molecule has 0 aliphatic carbocycles. The van der Waals surface area contributed by atoms with Crippen molar-refractivity contribution in [3.05, 3.63) is 29.3 Å². The van der Waals surface area contributed by atoms with Gasteiger partial charge in [0.15, 0.2) is 0 Å². The van der Waals surface area contributed by atoms with Gasteiger partial charge in [0.05, 0.1) is 6.42 Å². The first kappa shape index (κ1) is 19.4. The third kappa shape index (κ3) is 3.95. The first-order valence-electron chi connectivity index (χ1n) is 9.89. The zero-order chi connectivity index (χ0) is 20.5. The van der Waals surface area contributed by atoms with E-state index < -0.39 is 17.9 Å². The zero-order valence-corrected chi connectivity index (χ0v) is 16.1. The second-order valence-corrected chi connectivity index (χ2v) is 7.71. The molecule has 3 aliphatic heterocycles. The van der Waals surface area contributed by atoms with Crippen LogP contribution < -0.4 is 10.2 Å². The van der Waals surface area contributed by atoms with Gasteiger partial charge in [0.1, 0.15) is 6.04 Å². The van der Waals surface area contributed by atoms with E-state index >= 15 is 0 Å². The number of rotatable bonds is 5. The smallest absolute Gasteiger partial charge is 0.304 e. The van der Waals surface area contributed by atoms with E-state index in [0.29, 0.717) is 25.1 Å². The SMILES string of the molecule is O=C(O)CCN1CCN(c2ccc3c(c2)CN(C2CCC(=O)NC2=O)C3=O)CC1. The number of hydrogen-bond acceptors (Lipinski definition) is 6. The predicted octanol–water partition coefficient (Wildman–Crippen LogP) is 0.0443. The van der Waals surface area contributed by atoms with E-state index in [1.165, 1.54) is 0 Å². The number of carboxylic acids is 1. The van der Waals surface area contributed by atoms with E-state index in [-0.39, 0.29) is 24.7 Å². The van der Waals surface area contributed by atoms with Crippen LogP contribution in [0.2, 0.25) is 0 Å². The second-order valence-electron chi connectivity index (χ2n) is 7.71. The van der Waals surface area contributed by atoms with Crippen LogP contribution in [0.15, 0.2) is 18.2 Å². The molecule has 1 unspecified atom stereocenters. The topological polar surface area (TPSA) is 110 Å². The molecular formula is C20H24N4O5. The average Bonchev–Trinajstić information content (AvgIpc) is 3.02. The van der Waals surface area contributed by atoms with Gasteiger partial charge in [0, 0.05) is 56.9 Å². The predicted molar refractivity (Wildman–Crippen MR) is 103 cm³/mol. The van der Waals surface area contributed by atoms with Crippen molar-refractivity contribution in [3.63, 3.8) is 0 Å². The third-order valence-electron chi connectivity index (χ3n) is 5.89. The molecule has 1 aromatic carbocycles. The molecule has 0 radical (unpaired) electrons. The first-order valence-corrected chi connectivity index (χ1v) is 9.89. The van der Waals surface area contributed by atoms with Gasteiger partial charge in [-0.1, -0.05) is 0 Å². The van der Waals surface area contributed by atoms with Crippen LogP contribution in [-0.4, -0.2) is 77.4 Å². The van der Waals surface area contributed by atoms with E-state index in [1.807, 2.05) is 18.2 Å². The summed E-state index contributed by atoms with van der Waals surface area (Å²) in [6.45, 7) is 4.11. The number of imide groups is 1. The monoisotopic (exact) mass is 400 g/mol. The molecule has 0 saturated carbocycles. The molecule has 0 bridgehead atoms. The molecule has 2 fully saturated rings. The van der Waals surface area contributed by atoms with Crippen molar-refractivity contribution >= 4 is 29.4 Å². The Morgan fingerprint density at radius 3 is 2.59 bits per heavy atom. The lowest BCUT2D eigenvalue weighted by atomic mass is 10.0. The molecule has 3 heterocycles. The Morgan fingerprint density at radius 1 is 1.14 bits per heavy atom. The number of anilines is 1. The van der Waals surface area contributed by atoms with Crippen molar-refractivity contribution in [1.29, 1.82) is 0 Å². The Bertz CT molecular complexity index is 862. The summed E-state index contributed by atoms with van der Waals surface area (Å²) in [7, 11) is 0. The molecule has 3 amide bonds. The largest absolute Gasteiger partial charge is 0.481 e. The summed E-state index contributed by atoms with van der Waals surface area (Å²) in [5.41, 5.74) is 2.53. The summed E-state index contributed by atoms with van der Waals surface area (Å²) in [6, 6.07) is 5.15. The number of fused-ring (bicyclic) bond motifs is 1. The normalized spacial score (nSPS) is 22.6. The van der Waals surface area contributed by atoms with Gasteiger partial charge in [0.25, 0.3) is 5.91 Å². The van der Waals surface area contributed by atoms with Gasteiger partial charge in [0.2, 0.25) is 11.8 Å². The van der Waals surface area contributed by atoms with E-state index in [1.54, 1.807) is 4.90 Å². The molecule has 154 valence electrons. The Kier molecular flexibility index (Phi) is 5.23. The lowest BCUT2D eigenvalue weighted by Gasteiger charge is -2.36. The highest BCUT2D eigenvalue weighted by Crippen LogP contribution is 2.30. The van der Waals surface area contributed by atoms with Crippen LogP contribution in [0, 0.1) is 0 Å². The molecule has 29 heavy (non-hydrogen) atoms. The van der Waals surface area contributed by atoms with E-state index in [0.717, 1.165) is 37.4 Å². The number of carboxylic acid groups (broad SMARTS) is 1. The third-order valence-corrected chi connectivity index (χ3v) is 5.89. The molecule has 1 atom stereocenters. The van der Waals surface area contributed by atoms with Gasteiger partial charge >= 0.3 is 5.97 Å². The van der Waals surface area contributed by atoms with Crippen molar-refractivity contribution in [3.8, 4) is 0 Å². The van der Waals surface area contributed by atoms with Gasteiger partial charge in [-0.2, -0.15) is 0 Å². The highest BCUT2D eigenvalue weighted by atomic mass is 16.4. The van der Waals surface area contributed by atoms with Crippen molar-refractivity contribution in [2.45, 2.75) is 31.8 Å². The van der Waals surface area contributed by atoms with E-state index in [2.05, 4.69) is 15.1 Å². The van der Waals surface area contributed by atoms with Gasteiger partial charge in [-0.05, 0) is 30.2 Å². The Labute approximate surface area is 168 Å². The number of piperazine rings is 1. The number of nitrogens with one attached hydrogen (secondary N) is 1. The summed E-state index contributed by atoms with van der Waals surface area (Å²) in [6.07, 6.45) is 0.751. The van der Waals surface area contributed by atoms with Gasteiger partial charge in [-0.15, -0.1) is 0 Å². The summed E-state index contributed by atoms with van der Waals surface area (Å²) in [4.78, 5) is 53.0. The number of benzene rings is 1. The molecule has 3 aliphatic rings. The molecule has 9 heteroatoms. The van der Waals surface area contributed by atoms with Crippen LogP contribution >= 0.6 is 0 Å². The fraction of sp³-hybridized carbons (Fsp3) is 0.500. The highest BCUT2D eigenvalue weighted by Gasteiger charge is 2.39. The Hall–Kier alpha value is -2.94. The van der Waals surface area contributed by atoms with Gasteiger partial charge in [-0.25, -0.2) is 0 Å². The average molecular weight is 400 g/mol. The highest BCUT2D eigenvalue weighted by molar-refractivity contribution is 6.05. The molecule has 0 aromatic heterocycles. The first-order chi connectivity index (χ1) is 13.9. The van der Waals surface area contributed by atoms with Crippen LogP contribution in [-0.2, 0) is 20.9 Å². The maximum Gasteiger partial charge on any atom is 0.304 e. The van der Waals surface area contributed by atoms with Crippen LogP contribution in [0.3, 0.4) is 0 Å².